The molecule has 2 rings (SSSR count). The number of aromatic amines is 1. The summed E-state index contributed by atoms with van der Waals surface area (Å²) in [5.41, 5.74) is 1.05. The summed E-state index contributed by atoms with van der Waals surface area (Å²) in [6.07, 6.45) is 1.86. The summed E-state index contributed by atoms with van der Waals surface area (Å²) < 4.78 is 0.806. The molecule has 0 aliphatic carbocycles. The zero-order valence-electron chi connectivity index (χ0n) is 8.04. The van der Waals surface area contributed by atoms with Crippen molar-refractivity contribution in [3.63, 3.8) is 0 Å². The number of hydrogen-bond acceptors (Lipinski definition) is 2. The van der Waals surface area contributed by atoms with E-state index >= 15 is 0 Å². The average Bonchev–Trinajstić information content (AvgIpc) is 2.70. The molecule has 4 heteroatoms. The van der Waals surface area contributed by atoms with Crippen molar-refractivity contribution in [3.8, 4) is 10.6 Å². The Balaban J connectivity index is 2.33. The number of imidazole rings is 1. The van der Waals surface area contributed by atoms with Gasteiger partial charge in [-0.25, -0.2) is 4.98 Å². The fourth-order valence-corrected chi connectivity index (χ4v) is 2.22. The maximum absolute atomic E-state index is 5.86. The first-order valence-electron chi connectivity index (χ1n) is 4.47. The van der Waals surface area contributed by atoms with E-state index in [0.717, 1.165) is 20.7 Å². The maximum atomic E-state index is 5.86. The monoisotopic (exact) mass is 226 g/mol. The van der Waals surface area contributed by atoms with Gasteiger partial charge in [-0.2, -0.15) is 0 Å². The fourth-order valence-electron chi connectivity index (χ4n) is 1.21. The molecule has 0 bridgehead atoms. The first-order valence-corrected chi connectivity index (χ1v) is 5.67. The molecule has 0 aliphatic heterocycles. The highest BCUT2D eigenvalue weighted by atomic mass is 35.5. The van der Waals surface area contributed by atoms with Gasteiger partial charge >= 0.3 is 0 Å². The SMILES string of the molecule is CC(C)c1ncc(-c2ccc(Cl)s2)[nH]1. The largest absolute Gasteiger partial charge is 0.341 e. The number of halogens is 1. The molecular weight excluding hydrogens is 216 g/mol. The normalized spacial score (nSPS) is 11.1. The molecule has 2 heterocycles. The Labute approximate surface area is 92.0 Å². The summed E-state index contributed by atoms with van der Waals surface area (Å²) in [6, 6.07) is 3.90. The van der Waals surface area contributed by atoms with Crippen molar-refractivity contribution in [2.45, 2.75) is 19.8 Å². The van der Waals surface area contributed by atoms with Crippen molar-refractivity contribution in [2.75, 3.05) is 0 Å². The summed E-state index contributed by atoms with van der Waals surface area (Å²) in [4.78, 5) is 8.73. The summed E-state index contributed by atoms with van der Waals surface area (Å²) in [7, 11) is 0. The zero-order chi connectivity index (χ0) is 10.1. The summed E-state index contributed by atoms with van der Waals surface area (Å²) >= 11 is 7.42. The predicted molar refractivity (Wildman–Crippen MR) is 61.0 cm³/mol. The predicted octanol–water partition coefficient (Wildman–Crippen LogP) is 3.92. The van der Waals surface area contributed by atoms with Crippen LogP contribution in [0.5, 0.6) is 0 Å². The van der Waals surface area contributed by atoms with Gasteiger partial charge in [0.1, 0.15) is 5.82 Å². The summed E-state index contributed by atoms with van der Waals surface area (Å²) in [5, 5.41) is 0. The number of hydrogen-bond donors (Lipinski definition) is 1. The second kappa shape index (κ2) is 3.75. The molecule has 2 nitrogen and oxygen atoms in total. The van der Waals surface area contributed by atoms with Crippen molar-refractivity contribution in [2.24, 2.45) is 0 Å². The topological polar surface area (TPSA) is 28.7 Å². The molecule has 2 aromatic rings. The van der Waals surface area contributed by atoms with Crippen molar-refractivity contribution >= 4 is 22.9 Å². The number of thiophene rings is 1. The van der Waals surface area contributed by atoms with Gasteiger partial charge in [-0.1, -0.05) is 25.4 Å². The van der Waals surface area contributed by atoms with Crippen LogP contribution >= 0.6 is 22.9 Å². The van der Waals surface area contributed by atoms with Crippen LogP contribution in [-0.2, 0) is 0 Å². The Morgan fingerprint density at radius 2 is 2.21 bits per heavy atom. The second-order valence-corrected chi connectivity index (χ2v) is 5.16. The molecule has 0 saturated heterocycles. The van der Waals surface area contributed by atoms with Gasteiger partial charge in [0.05, 0.1) is 21.1 Å². The lowest BCUT2D eigenvalue weighted by molar-refractivity contribution is 0.795. The highest BCUT2D eigenvalue weighted by Crippen LogP contribution is 2.30. The molecule has 0 spiro atoms. The Morgan fingerprint density at radius 1 is 1.43 bits per heavy atom. The molecular formula is C10H11ClN2S. The van der Waals surface area contributed by atoms with Crippen LogP contribution in [0, 0.1) is 0 Å². The third kappa shape index (κ3) is 1.83. The standard InChI is InChI=1S/C10H11ClN2S/c1-6(2)10-12-5-7(13-10)8-3-4-9(11)14-8/h3-6H,1-2H3,(H,12,13). The van der Waals surface area contributed by atoms with Gasteiger partial charge < -0.3 is 4.98 Å². The zero-order valence-corrected chi connectivity index (χ0v) is 9.62. The lowest BCUT2D eigenvalue weighted by atomic mass is 10.2. The smallest absolute Gasteiger partial charge is 0.109 e. The number of rotatable bonds is 2. The van der Waals surface area contributed by atoms with Crippen LogP contribution in [0.1, 0.15) is 25.6 Å². The molecule has 0 fully saturated rings. The Bertz CT molecular complexity index is 431. The first-order chi connectivity index (χ1) is 6.66. The van der Waals surface area contributed by atoms with Crippen molar-refractivity contribution in [1.82, 2.24) is 9.97 Å². The van der Waals surface area contributed by atoms with Gasteiger partial charge in [-0.15, -0.1) is 11.3 Å². The lowest BCUT2D eigenvalue weighted by Crippen LogP contribution is -1.88. The van der Waals surface area contributed by atoms with Crippen LogP contribution in [0.25, 0.3) is 10.6 Å². The van der Waals surface area contributed by atoms with Crippen LogP contribution in [-0.4, -0.2) is 9.97 Å². The fraction of sp³-hybridized carbons (Fsp3) is 0.300. The highest BCUT2D eigenvalue weighted by Gasteiger charge is 2.07. The van der Waals surface area contributed by atoms with Gasteiger partial charge in [-0.05, 0) is 12.1 Å². The summed E-state index contributed by atoms with van der Waals surface area (Å²) in [5.74, 6) is 1.45. The number of aromatic nitrogens is 2. The van der Waals surface area contributed by atoms with Crippen molar-refractivity contribution in [1.29, 1.82) is 0 Å². The van der Waals surface area contributed by atoms with Gasteiger partial charge in [0.25, 0.3) is 0 Å². The number of H-pyrrole nitrogens is 1. The van der Waals surface area contributed by atoms with E-state index < -0.39 is 0 Å². The minimum absolute atomic E-state index is 0.430. The molecule has 0 amide bonds. The molecule has 0 radical (unpaired) electrons. The van der Waals surface area contributed by atoms with Crippen LogP contribution in [0.3, 0.4) is 0 Å². The quantitative estimate of drug-likeness (QED) is 0.826. The molecule has 0 unspecified atom stereocenters. The second-order valence-electron chi connectivity index (χ2n) is 3.44. The molecule has 0 atom stereocenters. The van der Waals surface area contributed by atoms with Gasteiger partial charge in [-0.3, -0.25) is 0 Å². The van der Waals surface area contributed by atoms with Crippen LogP contribution in [0.2, 0.25) is 4.34 Å². The van der Waals surface area contributed by atoms with E-state index in [0.29, 0.717) is 5.92 Å². The molecule has 0 aliphatic rings. The van der Waals surface area contributed by atoms with Gasteiger partial charge in [0, 0.05) is 5.92 Å². The Kier molecular flexibility index (Phi) is 2.61. The molecule has 1 N–H and O–H groups in total. The minimum atomic E-state index is 0.430. The average molecular weight is 227 g/mol. The van der Waals surface area contributed by atoms with Crippen LogP contribution in [0.15, 0.2) is 18.3 Å². The van der Waals surface area contributed by atoms with Gasteiger partial charge in [0.2, 0.25) is 0 Å². The minimum Gasteiger partial charge on any atom is -0.341 e. The third-order valence-electron chi connectivity index (χ3n) is 1.98. The van der Waals surface area contributed by atoms with E-state index in [1.165, 1.54) is 0 Å². The maximum Gasteiger partial charge on any atom is 0.109 e. The van der Waals surface area contributed by atoms with E-state index in [1.54, 1.807) is 11.3 Å². The van der Waals surface area contributed by atoms with E-state index in [2.05, 4.69) is 23.8 Å². The lowest BCUT2D eigenvalue weighted by Gasteiger charge is -1.97. The Hall–Kier alpha value is -0.800. The van der Waals surface area contributed by atoms with E-state index in [1.807, 2.05) is 18.3 Å². The van der Waals surface area contributed by atoms with Gasteiger partial charge in [0.15, 0.2) is 0 Å². The molecule has 14 heavy (non-hydrogen) atoms. The van der Waals surface area contributed by atoms with Crippen LogP contribution in [0.4, 0.5) is 0 Å². The molecule has 0 aromatic carbocycles. The molecule has 0 saturated carbocycles. The molecule has 74 valence electrons. The summed E-state index contributed by atoms with van der Waals surface area (Å²) in [6.45, 7) is 4.23. The first kappa shape index (κ1) is 9.74. The van der Waals surface area contributed by atoms with Crippen LogP contribution < -0.4 is 0 Å². The third-order valence-corrected chi connectivity index (χ3v) is 3.25. The van der Waals surface area contributed by atoms with E-state index in [4.69, 9.17) is 11.6 Å². The number of nitrogens with one attached hydrogen (secondary N) is 1. The van der Waals surface area contributed by atoms with E-state index in [9.17, 15) is 0 Å². The van der Waals surface area contributed by atoms with E-state index in [-0.39, 0.29) is 0 Å². The molecule has 2 aromatic heterocycles. The number of nitrogens with zero attached hydrogens (tertiary/aromatic N) is 1. The highest BCUT2D eigenvalue weighted by molar-refractivity contribution is 7.19. The van der Waals surface area contributed by atoms with Crippen molar-refractivity contribution in [3.05, 3.63) is 28.5 Å². The van der Waals surface area contributed by atoms with Crippen molar-refractivity contribution < 1.29 is 0 Å². The Morgan fingerprint density at radius 3 is 2.71 bits per heavy atom.